The van der Waals surface area contributed by atoms with Gasteiger partial charge >= 0.3 is 11.9 Å². The molecule has 0 atom stereocenters. The Labute approximate surface area is 157 Å². The molecule has 0 amide bonds. The van der Waals surface area contributed by atoms with Crippen molar-refractivity contribution in [3.8, 4) is 5.75 Å². The first-order valence-electron chi connectivity index (χ1n) is 8.66. The van der Waals surface area contributed by atoms with Crippen LogP contribution in [0.3, 0.4) is 0 Å². The molecule has 1 aromatic carbocycles. The molecule has 0 saturated heterocycles. The molecule has 2 rings (SSSR count). The monoisotopic (exact) mass is 373 g/mol. The molecule has 0 aliphatic carbocycles. The van der Waals surface area contributed by atoms with E-state index in [-0.39, 0.29) is 36.6 Å². The fraction of sp³-hybridized carbons (Fsp3) is 0.350. The van der Waals surface area contributed by atoms with Crippen molar-refractivity contribution in [1.82, 2.24) is 4.57 Å². The molecule has 1 heterocycles. The topological polar surface area (TPSA) is 94.8 Å². The molecule has 2 aromatic rings. The molecule has 0 radical (unpaired) electrons. The smallest absolute Gasteiger partial charge is 0.343 e. The van der Waals surface area contributed by atoms with Crippen molar-refractivity contribution in [2.24, 2.45) is 7.05 Å². The van der Waals surface area contributed by atoms with E-state index in [4.69, 9.17) is 9.47 Å². The van der Waals surface area contributed by atoms with Gasteiger partial charge in [0.1, 0.15) is 11.3 Å². The van der Waals surface area contributed by atoms with Crippen molar-refractivity contribution in [2.75, 3.05) is 13.2 Å². The average molecular weight is 373 g/mol. The van der Waals surface area contributed by atoms with Gasteiger partial charge in [0.05, 0.1) is 19.6 Å². The van der Waals surface area contributed by atoms with Gasteiger partial charge < -0.3 is 19.1 Å². The Kier molecular flexibility index (Phi) is 6.39. The lowest BCUT2D eigenvalue weighted by Crippen LogP contribution is -2.16. The van der Waals surface area contributed by atoms with Gasteiger partial charge in [-0.05, 0) is 20.8 Å². The van der Waals surface area contributed by atoms with Gasteiger partial charge in [0.25, 0.3) is 0 Å². The van der Waals surface area contributed by atoms with Gasteiger partial charge in [-0.3, -0.25) is 9.59 Å². The molecule has 7 nitrogen and oxygen atoms in total. The van der Waals surface area contributed by atoms with Gasteiger partial charge in [-0.1, -0.05) is 29.8 Å². The van der Waals surface area contributed by atoms with Crippen LogP contribution in [0.2, 0.25) is 0 Å². The van der Waals surface area contributed by atoms with Crippen molar-refractivity contribution >= 4 is 17.7 Å². The molecule has 1 N–H and O–H groups in total. The number of hydrogen-bond acceptors (Lipinski definition) is 6. The summed E-state index contributed by atoms with van der Waals surface area (Å²) in [4.78, 5) is 37.2. The third-order valence-corrected chi connectivity index (χ3v) is 4.12. The lowest BCUT2D eigenvalue weighted by molar-refractivity contribution is -0.142. The van der Waals surface area contributed by atoms with E-state index in [1.165, 1.54) is 11.6 Å². The highest BCUT2D eigenvalue weighted by Gasteiger charge is 2.31. The second-order valence-electron chi connectivity index (χ2n) is 5.98. The van der Waals surface area contributed by atoms with Gasteiger partial charge in [0.2, 0.25) is 5.78 Å². The predicted molar refractivity (Wildman–Crippen MR) is 98.0 cm³/mol. The van der Waals surface area contributed by atoms with Gasteiger partial charge in [-0.15, -0.1) is 0 Å². The third-order valence-electron chi connectivity index (χ3n) is 4.12. The summed E-state index contributed by atoms with van der Waals surface area (Å²) in [6.07, 6.45) is -0.271. The number of carbonyl (C=O) groups excluding carboxylic acids is 3. The largest absolute Gasteiger partial charge is 0.505 e. The second-order valence-corrected chi connectivity index (χ2v) is 5.98. The maximum atomic E-state index is 12.9. The van der Waals surface area contributed by atoms with E-state index >= 15 is 0 Å². The predicted octanol–water partition coefficient (Wildman–Crippen LogP) is 2.55. The SMILES string of the molecule is CCOC(=O)Cc1c(C(=O)OCC)c(O)c(C(=O)c2ccc(C)cc2)n1C. The Bertz CT molecular complexity index is 864. The van der Waals surface area contributed by atoms with Crippen molar-refractivity contribution in [2.45, 2.75) is 27.2 Å². The summed E-state index contributed by atoms with van der Waals surface area (Å²) >= 11 is 0. The Morgan fingerprint density at radius 2 is 1.63 bits per heavy atom. The summed E-state index contributed by atoms with van der Waals surface area (Å²) in [5, 5.41) is 10.6. The summed E-state index contributed by atoms with van der Waals surface area (Å²) in [7, 11) is 1.51. The first kappa shape index (κ1) is 20.2. The van der Waals surface area contributed by atoms with Crippen LogP contribution in [0.1, 0.15) is 51.5 Å². The maximum absolute atomic E-state index is 12.9. The normalized spacial score (nSPS) is 10.5. The lowest BCUT2D eigenvalue weighted by atomic mass is 10.1. The van der Waals surface area contributed by atoms with Gasteiger partial charge in [0.15, 0.2) is 5.75 Å². The Morgan fingerprint density at radius 3 is 2.19 bits per heavy atom. The molecular formula is C20H23NO6. The van der Waals surface area contributed by atoms with Crippen LogP contribution in [0, 0.1) is 6.92 Å². The standard InChI is InChI=1S/C20H23NO6/c1-5-26-15(22)11-14-16(20(25)27-6-2)19(24)17(21(14)4)18(23)13-9-7-12(3)8-10-13/h7-10,24H,5-6,11H2,1-4H3. The number of aromatic hydroxyl groups is 1. The third kappa shape index (κ3) is 4.19. The Hall–Kier alpha value is -3.09. The number of ether oxygens (including phenoxy) is 2. The molecular weight excluding hydrogens is 350 g/mol. The highest BCUT2D eigenvalue weighted by atomic mass is 16.5. The van der Waals surface area contributed by atoms with Crippen LogP contribution >= 0.6 is 0 Å². The van der Waals surface area contributed by atoms with Crippen molar-refractivity contribution < 1.29 is 29.0 Å². The van der Waals surface area contributed by atoms with E-state index in [0.717, 1.165) is 5.56 Å². The average Bonchev–Trinajstić information content (AvgIpc) is 2.85. The van der Waals surface area contributed by atoms with Crippen molar-refractivity contribution in [3.05, 3.63) is 52.3 Å². The molecule has 0 fully saturated rings. The fourth-order valence-corrected chi connectivity index (χ4v) is 2.79. The molecule has 0 spiro atoms. The van der Waals surface area contributed by atoms with Crippen molar-refractivity contribution in [1.29, 1.82) is 0 Å². The summed E-state index contributed by atoms with van der Waals surface area (Å²) in [6, 6.07) is 6.83. The molecule has 27 heavy (non-hydrogen) atoms. The number of ketones is 1. The molecule has 0 unspecified atom stereocenters. The molecule has 144 valence electrons. The number of esters is 2. The first-order valence-corrected chi connectivity index (χ1v) is 8.66. The number of aryl methyl sites for hydroxylation is 1. The van der Waals surface area contributed by atoms with E-state index in [9.17, 15) is 19.5 Å². The molecule has 1 aromatic heterocycles. The molecule has 0 saturated carbocycles. The van der Waals surface area contributed by atoms with Crippen LogP contribution in [-0.2, 0) is 27.7 Å². The molecule has 0 aliphatic rings. The highest BCUT2D eigenvalue weighted by Crippen LogP contribution is 2.32. The summed E-state index contributed by atoms with van der Waals surface area (Å²) in [5.41, 5.74) is 1.23. The van der Waals surface area contributed by atoms with Gasteiger partial charge in [0, 0.05) is 18.3 Å². The minimum Gasteiger partial charge on any atom is -0.505 e. The fourth-order valence-electron chi connectivity index (χ4n) is 2.79. The summed E-state index contributed by atoms with van der Waals surface area (Å²) in [6.45, 7) is 5.46. The minimum atomic E-state index is -0.798. The highest BCUT2D eigenvalue weighted by molar-refractivity contribution is 6.12. The zero-order valence-corrected chi connectivity index (χ0v) is 15.9. The number of carbonyl (C=O) groups is 3. The molecule has 0 bridgehead atoms. The van der Waals surface area contributed by atoms with E-state index in [1.807, 2.05) is 6.92 Å². The molecule has 0 aliphatic heterocycles. The van der Waals surface area contributed by atoms with Gasteiger partial charge in [-0.2, -0.15) is 0 Å². The van der Waals surface area contributed by atoms with Crippen LogP contribution in [-0.4, -0.2) is 40.6 Å². The van der Waals surface area contributed by atoms with Gasteiger partial charge in [-0.25, -0.2) is 4.79 Å². The van der Waals surface area contributed by atoms with Crippen LogP contribution in [0.25, 0.3) is 0 Å². The summed E-state index contributed by atoms with van der Waals surface area (Å²) in [5.74, 6) is -2.33. The Morgan fingerprint density at radius 1 is 1.04 bits per heavy atom. The van der Waals surface area contributed by atoms with Crippen molar-refractivity contribution in [3.63, 3.8) is 0 Å². The number of hydrogen-bond donors (Lipinski definition) is 1. The van der Waals surface area contributed by atoms with Crippen LogP contribution < -0.4 is 0 Å². The van der Waals surface area contributed by atoms with Crippen LogP contribution in [0.5, 0.6) is 5.75 Å². The lowest BCUT2D eigenvalue weighted by Gasteiger charge is -2.08. The second kappa shape index (κ2) is 8.53. The minimum absolute atomic E-state index is 0.0822. The number of rotatable bonds is 7. The summed E-state index contributed by atoms with van der Waals surface area (Å²) < 4.78 is 11.3. The van der Waals surface area contributed by atoms with Crippen LogP contribution in [0.15, 0.2) is 24.3 Å². The maximum Gasteiger partial charge on any atom is 0.343 e. The number of nitrogens with zero attached hydrogens (tertiary/aromatic N) is 1. The van der Waals surface area contributed by atoms with Crippen LogP contribution in [0.4, 0.5) is 0 Å². The zero-order valence-electron chi connectivity index (χ0n) is 15.9. The first-order chi connectivity index (χ1) is 12.8. The zero-order chi connectivity index (χ0) is 20.1. The van der Waals surface area contributed by atoms with E-state index < -0.39 is 23.5 Å². The number of benzene rings is 1. The molecule has 7 heteroatoms. The quantitative estimate of drug-likeness (QED) is 0.592. The number of aromatic nitrogens is 1. The van der Waals surface area contributed by atoms with E-state index in [2.05, 4.69) is 0 Å². The Balaban J connectivity index is 2.57. The van der Waals surface area contributed by atoms with E-state index in [0.29, 0.717) is 5.56 Å². The van der Waals surface area contributed by atoms with E-state index in [1.54, 1.807) is 38.1 Å².